The van der Waals surface area contributed by atoms with Crippen LogP contribution in [0.5, 0.6) is 0 Å². The molecule has 0 fully saturated rings. The molecule has 0 N–H and O–H groups in total. The van der Waals surface area contributed by atoms with E-state index in [-0.39, 0.29) is 0 Å². The molecule has 0 unspecified atom stereocenters. The molecule has 2 heteroatoms. The first-order chi connectivity index (χ1) is 9.43. The Morgan fingerprint density at radius 3 is 2.84 bits per heavy atom. The molecule has 4 aromatic rings. The molecule has 0 spiro atoms. The fourth-order valence-electron chi connectivity index (χ4n) is 2.41. The Kier molecular flexibility index (Phi) is 2.35. The van der Waals surface area contributed by atoms with E-state index in [0.717, 1.165) is 5.69 Å². The summed E-state index contributed by atoms with van der Waals surface area (Å²) in [4.78, 5) is 4.47. The predicted octanol–water partition coefficient (Wildman–Crippen LogP) is 4.92. The third-order valence-corrected chi connectivity index (χ3v) is 4.50. The second-order valence-corrected chi connectivity index (χ2v) is 5.47. The molecule has 2 aromatic carbocycles. The molecule has 0 saturated heterocycles. The summed E-state index contributed by atoms with van der Waals surface area (Å²) in [6.07, 6.45) is 1.84. The lowest BCUT2D eigenvalue weighted by molar-refractivity contribution is 1.33. The van der Waals surface area contributed by atoms with Crippen molar-refractivity contribution in [2.45, 2.75) is 0 Å². The van der Waals surface area contributed by atoms with Gasteiger partial charge in [0.2, 0.25) is 0 Å². The molecule has 0 aliphatic carbocycles. The molecule has 0 saturated carbocycles. The van der Waals surface area contributed by atoms with Crippen LogP contribution < -0.4 is 0 Å². The SMILES string of the molecule is [c]1ccc2sc3c(-c4ccccn4)cccc3c2c1. The van der Waals surface area contributed by atoms with Crippen molar-refractivity contribution in [2.24, 2.45) is 0 Å². The highest BCUT2D eigenvalue weighted by Gasteiger charge is 2.09. The molecule has 0 atom stereocenters. The number of rotatable bonds is 1. The fourth-order valence-corrected chi connectivity index (χ4v) is 3.61. The highest BCUT2D eigenvalue weighted by Crippen LogP contribution is 2.38. The van der Waals surface area contributed by atoms with E-state index < -0.39 is 0 Å². The van der Waals surface area contributed by atoms with Crippen LogP contribution in [-0.2, 0) is 0 Å². The zero-order valence-electron chi connectivity index (χ0n) is 10.1. The molecule has 1 nitrogen and oxygen atoms in total. The highest BCUT2D eigenvalue weighted by molar-refractivity contribution is 7.26. The van der Waals surface area contributed by atoms with E-state index >= 15 is 0 Å². The van der Waals surface area contributed by atoms with Crippen LogP contribution in [0, 0.1) is 6.07 Å². The van der Waals surface area contributed by atoms with Crippen LogP contribution in [0.4, 0.5) is 0 Å². The quantitative estimate of drug-likeness (QED) is 0.473. The van der Waals surface area contributed by atoms with Gasteiger partial charge in [0, 0.05) is 31.9 Å². The first kappa shape index (κ1) is 10.7. The van der Waals surface area contributed by atoms with Gasteiger partial charge in [0.25, 0.3) is 0 Å². The van der Waals surface area contributed by atoms with Crippen molar-refractivity contribution in [1.29, 1.82) is 0 Å². The highest BCUT2D eigenvalue weighted by atomic mass is 32.1. The largest absolute Gasteiger partial charge is 0.256 e. The summed E-state index contributed by atoms with van der Waals surface area (Å²) in [6, 6.07) is 21.8. The lowest BCUT2D eigenvalue weighted by atomic mass is 10.1. The summed E-state index contributed by atoms with van der Waals surface area (Å²) < 4.78 is 2.60. The van der Waals surface area contributed by atoms with Crippen LogP contribution in [0.15, 0.2) is 60.8 Å². The molecule has 2 heterocycles. The Hall–Kier alpha value is -2.19. The Labute approximate surface area is 115 Å². The van der Waals surface area contributed by atoms with Crippen molar-refractivity contribution in [3.05, 3.63) is 66.9 Å². The Morgan fingerprint density at radius 1 is 0.947 bits per heavy atom. The normalized spacial score (nSPS) is 11.2. The van der Waals surface area contributed by atoms with E-state index in [1.807, 2.05) is 35.7 Å². The average Bonchev–Trinajstić information content (AvgIpc) is 2.87. The van der Waals surface area contributed by atoms with Crippen LogP contribution >= 0.6 is 11.3 Å². The molecule has 4 rings (SSSR count). The number of pyridine rings is 1. The average molecular weight is 260 g/mol. The smallest absolute Gasteiger partial charge is 0.0716 e. The van der Waals surface area contributed by atoms with E-state index in [1.165, 1.54) is 25.7 Å². The summed E-state index contributed by atoms with van der Waals surface area (Å²) in [5, 5.41) is 2.57. The minimum atomic E-state index is 1.03. The summed E-state index contributed by atoms with van der Waals surface area (Å²) in [6.45, 7) is 0. The maximum atomic E-state index is 4.47. The van der Waals surface area contributed by atoms with Crippen molar-refractivity contribution < 1.29 is 0 Å². The van der Waals surface area contributed by atoms with Gasteiger partial charge in [-0.15, -0.1) is 11.3 Å². The van der Waals surface area contributed by atoms with Crippen molar-refractivity contribution >= 4 is 31.5 Å². The minimum absolute atomic E-state index is 1.03. The third kappa shape index (κ3) is 1.65. The van der Waals surface area contributed by atoms with E-state index in [9.17, 15) is 0 Å². The van der Waals surface area contributed by atoms with Gasteiger partial charge in [0.1, 0.15) is 0 Å². The first-order valence-electron chi connectivity index (χ1n) is 6.16. The maximum absolute atomic E-state index is 4.47. The zero-order valence-corrected chi connectivity index (χ0v) is 10.9. The van der Waals surface area contributed by atoms with E-state index in [2.05, 4.69) is 47.4 Å². The summed E-state index contributed by atoms with van der Waals surface area (Å²) >= 11 is 1.82. The second kappa shape index (κ2) is 4.18. The van der Waals surface area contributed by atoms with Gasteiger partial charge in [-0.3, -0.25) is 4.98 Å². The molecular formula is C17H10NS. The Balaban J connectivity index is 2.13. The van der Waals surface area contributed by atoms with Gasteiger partial charge in [0.15, 0.2) is 0 Å². The van der Waals surface area contributed by atoms with Crippen LogP contribution in [0.25, 0.3) is 31.4 Å². The van der Waals surface area contributed by atoms with Crippen LogP contribution in [0.3, 0.4) is 0 Å². The van der Waals surface area contributed by atoms with Gasteiger partial charge in [-0.25, -0.2) is 0 Å². The number of hydrogen-bond acceptors (Lipinski definition) is 2. The van der Waals surface area contributed by atoms with Gasteiger partial charge in [-0.2, -0.15) is 0 Å². The van der Waals surface area contributed by atoms with Gasteiger partial charge in [0.05, 0.1) is 5.69 Å². The van der Waals surface area contributed by atoms with Gasteiger partial charge in [-0.05, 0) is 30.3 Å². The molecule has 0 bridgehead atoms. The van der Waals surface area contributed by atoms with E-state index in [1.54, 1.807) is 0 Å². The number of aromatic nitrogens is 1. The molecule has 0 aliphatic heterocycles. The van der Waals surface area contributed by atoms with Crippen molar-refractivity contribution in [2.75, 3.05) is 0 Å². The molecule has 0 aliphatic rings. The Morgan fingerprint density at radius 2 is 1.95 bits per heavy atom. The number of thiophene rings is 1. The molecule has 19 heavy (non-hydrogen) atoms. The summed E-state index contributed by atoms with van der Waals surface area (Å²) in [7, 11) is 0. The lowest BCUT2D eigenvalue weighted by Gasteiger charge is -2.01. The molecule has 89 valence electrons. The number of hydrogen-bond donors (Lipinski definition) is 0. The number of nitrogens with zero attached hydrogens (tertiary/aromatic N) is 1. The third-order valence-electron chi connectivity index (χ3n) is 3.28. The molecule has 1 radical (unpaired) electrons. The topological polar surface area (TPSA) is 12.9 Å². The fraction of sp³-hybridized carbons (Fsp3) is 0. The van der Waals surface area contributed by atoms with Gasteiger partial charge >= 0.3 is 0 Å². The summed E-state index contributed by atoms with van der Waals surface area (Å²) in [5.74, 6) is 0. The zero-order chi connectivity index (χ0) is 12.7. The number of fused-ring (bicyclic) bond motifs is 3. The summed E-state index contributed by atoms with van der Waals surface area (Å²) in [5.41, 5.74) is 2.24. The van der Waals surface area contributed by atoms with Gasteiger partial charge in [-0.1, -0.05) is 30.3 Å². The van der Waals surface area contributed by atoms with Crippen LogP contribution in [0.2, 0.25) is 0 Å². The van der Waals surface area contributed by atoms with Crippen LogP contribution in [0.1, 0.15) is 0 Å². The van der Waals surface area contributed by atoms with Crippen molar-refractivity contribution in [3.63, 3.8) is 0 Å². The monoisotopic (exact) mass is 260 g/mol. The lowest BCUT2D eigenvalue weighted by Crippen LogP contribution is -1.81. The number of benzene rings is 2. The van der Waals surface area contributed by atoms with Crippen molar-refractivity contribution in [1.82, 2.24) is 4.98 Å². The molecule has 2 aromatic heterocycles. The van der Waals surface area contributed by atoms with Crippen molar-refractivity contribution in [3.8, 4) is 11.3 Å². The predicted molar refractivity (Wildman–Crippen MR) is 81.4 cm³/mol. The Bertz CT molecular complexity index is 862. The van der Waals surface area contributed by atoms with E-state index in [0.29, 0.717) is 0 Å². The first-order valence-corrected chi connectivity index (χ1v) is 6.98. The standard InChI is InChI=1S/C17H10NS/c1-2-10-16-12(6-1)13-7-5-8-14(17(13)19-16)15-9-3-4-11-18-15/h2-11H. The minimum Gasteiger partial charge on any atom is -0.256 e. The second-order valence-electron chi connectivity index (χ2n) is 4.42. The van der Waals surface area contributed by atoms with E-state index in [4.69, 9.17) is 0 Å². The van der Waals surface area contributed by atoms with Crippen LogP contribution in [-0.4, -0.2) is 4.98 Å². The molecule has 0 amide bonds. The maximum Gasteiger partial charge on any atom is 0.0716 e. The van der Waals surface area contributed by atoms with Gasteiger partial charge < -0.3 is 0 Å². The molecular weight excluding hydrogens is 250 g/mol.